The fourth-order valence-corrected chi connectivity index (χ4v) is 3.08. The molecular formula is C17H18O3S. The van der Waals surface area contributed by atoms with E-state index in [-0.39, 0.29) is 5.56 Å². The van der Waals surface area contributed by atoms with Crippen LogP contribution in [0.2, 0.25) is 0 Å². The van der Waals surface area contributed by atoms with Crippen molar-refractivity contribution < 1.29 is 14.1 Å². The molecule has 0 saturated heterocycles. The molecule has 1 unspecified atom stereocenters. The van der Waals surface area contributed by atoms with Gasteiger partial charge >= 0.3 is 5.97 Å². The van der Waals surface area contributed by atoms with Crippen molar-refractivity contribution in [2.24, 2.45) is 0 Å². The van der Waals surface area contributed by atoms with Crippen molar-refractivity contribution in [3.8, 4) is 0 Å². The molecule has 2 aromatic rings. The third-order valence-corrected chi connectivity index (χ3v) is 4.70. The lowest BCUT2D eigenvalue weighted by Crippen LogP contribution is -1.99. The van der Waals surface area contributed by atoms with Crippen LogP contribution in [0.5, 0.6) is 0 Å². The molecule has 0 aliphatic carbocycles. The Morgan fingerprint density at radius 2 is 1.62 bits per heavy atom. The Labute approximate surface area is 127 Å². The van der Waals surface area contributed by atoms with Crippen LogP contribution in [-0.4, -0.2) is 15.3 Å². The molecule has 0 radical (unpaired) electrons. The fourth-order valence-electron chi connectivity index (χ4n) is 1.98. The standard InChI is InChI=1S/C17H18O3S/c1-12(2)14-7-9-16(10-8-14)21(20)11-13-3-5-15(6-4-13)17(18)19/h3-10,12H,11H2,1-2H3,(H,18,19). The minimum atomic E-state index is -1.12. The molecule has 0 aliphatic heterocycles. The van der Waals surface area contributed by atoms with Gasteiger partial charge in [-0.25, -0.2) is 4.79 Å². The molecule has 0 saturated carbocycles. The summed E-state index contributed by atoms with van der Waals surface area (Å²) in [6.45, 7) is 4.24. The summed E-state index contributed by atoms with van der Waals surface area (Å²) >= 11 is 0. The Bertz CT molecular complexity index is 643. The number of benzene rings is 2. The summed E-state index contributed by atoms with van der Waals surface area (Å²) in [7, 11) is -1.12. The summed E-state index contributed by atoms with van der Waals surface area (Å²) in [5.74, 6) is -0.107. The molecule has 0 fully saturated rings. The van der Waals surface area contributed by atoms with Gasteiger partial charge in [0, 0.05) is 4.90 Å². The molecule has 3 nitrogen and oxygen atoms in total. The molecule has 0 spiro atoms. The van der Waals surface area contributed by atoms with Gasteiger partial charge in [-0.05, 0) is 41.3 Å². The zero-order valence-electron chi connectivity index (χ0n) is 12.1. The average Bonchev–Trinajstić information content (AvgIpc) is 2.47. The molecule has 0 bridgehead atoms. The summed E-state index contributed by atoms with van der Waals surface area (Å²) < 4.78 is 12.3. The van der Waals surface area contributed by atoms with Gasteiger partial charge in [-0.15, -0.1) is 0 Å². The molecule has 1 N–H and O–H groups in total. The van der Waals surface area contributed by atoms with E-state index in [1.807, 2.05) is 24.3 Å². The quantitative estimate of drug-likeness (QED) is 0.913. The maximum atomic E-state index is 12.3. The first kappa shape index (κ1) is 15.4. The second kappa shape index (κ2) is 6.68. The Kier molecular flexibility index (Phi) is 4.91. The third kappa shape index (κ3) is 4.02. The lowest BCUT2D eigenvalue weighted by Gasteiger charge is -2.07. The number of aromatic carboxylic acids is 1. The monoisotopic (exact) mass is 302 g/mol. The zero-order valence-corrected chi connectivity index (χ0v) is 12.9. The van der Waals surface area contributed by atoms with Crippen molar-refractivity contribution in [2.75, 3.05) is 0 Å². The minimum absolute atomic E-state index is 0.241. The first-order valence-electron chi connectivity index (χ1n) is 6.78. The lowest BCUT2D eigenvalue weighted by molar-refractivity contribution is 0.0697. The van der Waals surface area contributed by atoms with Gasteiger partial charge in [-0.2, -0.15) is 0 Å². The van der Waals surface area contributed by atoms with E-state index in [4.69, 9.17) is 5.11 Å². The van der Waals surface area contributed by atoms with Gasteiger partial charge in [0.05, 0.1) is 22.1 Å². The second-order valence-electron chi connectivity index (χ2n) is 5.22. The van der Waals surface area contributed by atoms with Gasteiger partial charge in [0.15, 0.2) is 0 Å². The van der Waals surface area contributed by atoms with Crippen LogP contribution in [0.4, 0.5) is 0 Å². The van der Waals surface area contributed by atoms with Gasteiger partial charge in [0.25, 0.3) is 0 Å². The maximum Gasteiger partial charge on any atom is 0.335 e. The van der Waals surface area contributed by atoms with E-state index in [1.165, 1.54) is 17.7 Å². The predicted molar refractivity (Wildman–Crippen MR) is 84.0 cm³/mol. The Morgan fingerprint density at radius 1 is 1.05 bits per heavy atom. The summed E-state index contributed by atoms with van der Waals surface area (Å²) in [5.41, 5.74) is 2.33. The van der Waals surface area contributed by atoms with Crippen LogP contribution in [0, 0.1) is 0 Å². The Morgan fingerprint density at radius 3 is 2.10 bits per heavy atom. The Balaban J connectivity index is 2.08. The molecule has 4 heteroatoms. The summed E-state index contributed by atoms with van der Waals surface area (Å²) in [5, 5.41) is 8.85. The van der Waals surface area contributed by atoms with Gasteiger partial charge in [-0.3, -0.25) is 4.21 Å². The van der Waals surface area contributed by atoms with Crippen molar-refractivity contribution in [1.82, 2.24) is 0 Å². The predicted octanol–water partition coefficient (Wildman–Crippen LogP) is 3.82. The normalized spacial score (nSPS) is 12.3. The van der Waals surface area contributed by atoms with Crippen molar-refractivity contribution in [1.29, 1.82) is 0 Å². The molecule has 0 heterocycles. The van der Waals surface area contributed by atoms with E-state index in [9.17, 15) is 9.00 Å². The molecule has 2 aromatic carbocycles. The molecule has 21 heavy (non-hydrogen) atoms. The van der Waals surface area contributed by atoms with Crippen LogP contribution in [0.15, 0.2) is 53.4 Å². The van der Waals surface area contributed by atoms with Gasteiger partial charge < -0.3 is 5.11 Å². The highest BCUT2D eigenvalue weighted by molar-refractivity contribution is 7.84. The van der Waals surface area contributed by atoms with Crippen molar-refractivity contribution in [3.63, 3.8) is 0 Å². The van der Waals surface area contributed by atoms with E-state index < -0.39 is 16.8 Å². The molecule has 110 valence electrons. The number of carboxylic acid groups (broad SMARTS) is 1. The smallest absolute Gasteiger partial charge is 0.335 e. The van der Waals surface area contributed by atoms with Crippen molar-refractivity contribution in [3.05, 3.63) is 65.2 Å². The second-order valence-corrected chi connectivity index (χ2v) is 6.67. The highest BCUT2D eigenvalue weighted by Crippen LogP contribution is 2.18. The average molecular weight is 302 g/mol. The molecule has 0 aliphatic rings. The number of carboxylic acids is 1. The fraction of sp³-hybridized carbons (Fsp3) is 0.235. The van der Waals surface area contributed by atoms with Crippen LogP contribution in [-0.2, 0) is 16.6 Å². The molecule has 1 atom stereocenters. The number of carbonyl (C=O) groups is 1. The molecule has 2 rings (SSSR count). The number of hydrogen-bond donors (Lipinski definition) is 1. The minimum Gasteiger partial charge on any atom is -0.478 e. The van der Waals surface area contributed by atoms with E-state index in [2.05, 4.69) is 13.8 Å². The SMILES string of the molecule is CC(C)c1ccc(S(=O)Cc2ccc(C(=O)O)cc2)cc1. The topological polar surface area (TPSA) is 54.4 Å². The molecule has 0 amide bonds. The van der Waals surface area contributed by atoms with E-state index >= 15 is 0 Å². The van der Waals surface area contributed by atoms with Gasteiger partial charge in [0.2, 0.25) is 0 Å². The first-order chi connectivity index (χ1) is 9.97. The highest BCUT2D eigenvalue weighted by atomic mass is 32.2. The van der Waals surface area contributed by atoms with Crippen LogP contribution in [0.1, 0.15) is 41.3 Å². The summed E-state index contributed by atoms with van der Waals surface area (Å²) in [4.78, 5) is 11.6. The van der Waals surface area contributed by atoms with E-state index in [0.717, 1.165) is 10.5 Å². The molecule has 0 aromatic heterocycles. The van der Waals surface area contributed by atoms with E-state index in [0.29, 0.717) is 11.7 Å². The summed E-state index contributed by atoms with van der Waals surface area (Å²) in [6.07, 6.45) is 0. The van der Waals surface area contributed by atoms with Crippen LogP contribution >= 0.6 is 0 Å². The maximum absolute atomic E-state index is 12.3. The first-order valence-corrected chi connectivity index (χ1v) is 8.10. The third-order valence-electron chi connectivity index (χ3n) is 3.31. The largest absolute Gasteiger partial charge is 0.478 e. The summed E-state index contributed by atoms with van der Waals surface area (Å²) in [6, 6.07) is 14.3. The van der Waals surface area contributed by atoms with E-state index in [1.54, 1.807) is 12.1 Å². The number of rotatable bonds is 5. The Hall–Kier alpha value is -1.94. The van der Waals surface area contributed by atoms with Gasteiger partial charge in [-0.1, -0.05) is 38.1 Å². The van der Waals surface area contributed by atoms with Crippen molar-refractivity contribution >= 4 is 16.8 Å². The van der Waals surface area contributed by atoms with Crippen LogP contribution in [0.25, 0.3) is 0 Å². The lowest BCUT2D eigenvalue weighted by atomic mass is 10.0. The van der Waals surface area contributed by atoms with Crippen molar-refractivity contribution in [2.45, 2.75) is 30.4 Å². The van der Waals surface area contributed by atoms with Crippen LogP contribution < -0.4 is 0 Å². The zero-order chi connectivity index (χ0) is 15.4. The number of hydrogen-bond acceptors (Lipinski definition) is 2. The van der Waals surface area contributed by atoms with Crippen LogP contribution in [0.3, 0.4) is 0 Å². The molecular weight excluding hydrogens is 284 g/mol. The highest BCUT2D eigenvalue weighted by Gasteiger charge is 2.08. The van der Waals surface area contributed by atoms with Gasteiger partial charge in [0.1, 0.15) is 0 Å².